The molecule has 4 N–H and O–H groups in total. The number of unbranched alkanes of at least 4 members (excludes halogenated alkanes) is 2. The summed E-state index contributed by atoms with van der Waals surface area (Å²) in [6.07, 6.45) is 5.94. The minimum atomic E-state index is 0. The van der Waals surface area contributed by atoms with Crippen LogP contribution in [-0.2, 0) is 21.1 Å². The molecule has 0 rings (SSSR count). The Morgan fingerprint density at radius 3 is 1.00 bits per heavy atom. The molecule has 0 aromatic heterocycles. The van der Waals surface area contributed by atoms with Crippen LogP contribution in [-0.4, -0.2) is 7.28 Å². The fourth-order valence-corrected chi connectivity index (χ4v) is 0.289. The molecule has 0 aromatic rings. The molecule has 99 valence electrons. The Hall–Kier alpha value is 0.673. The van der Waals surface area contributed by atoms with Gasteiger partial charge in [-0.15, -0.1) is 0 Å². The second-order valence-corrected chi connectivity index (χ2v) is 2.39. The third-order valence-electron chi connectivity index (χ3n) is 0.577. The maximum atomic E-state index is 2.25. The molecule has 0 atom stereocenters. The first-order valence-corrected chi connectivity index (χ1v) is 4.80. The standard InChI is InChI=1S/C5H11.C3H8.C2H6B.CH3.2H2N.Pt/c1-3-5-4-2;2*1-3-2;;;;/h5H,3-4H2,1-2H3;3H2,1-2H3;1-2H3;1H3;2*1H2;/q-1;;;3*-1;+4. The Morgan fingerprint density at radius 1 is 0.867 bits per heavy atom. The SMILES string of the molecule is CCC.CC[CH-]CC.C[B]C.[CH3-].[NH2-].[NH2-].[Pt+4]. The molecule has 15 heavy (non-hydrogen) atoms. The fraction of sp³-hybridized carbons (Fsp3) is 0.818. The van der Waals surface area contributed by atoms with Gasteiger partial charge < -0.3 is 26.1 Å². The molecular weight excluding hydrogens is 366 g/mol. The number of nitrogens with two attached hydrogens (primary N) is 2. The third kappa shape index (κ3) is 330. The monoisotopic (exact) mass is 398 g/mol. The quantitative estimate of drug-likeness (QED) is 0.399. The van der Waals surface area contributed by atoms with E-state index in [1.165, 1.54) is 19.3 Å². The van der Waals surface area contributed by atoms with E-state index in [9.17, 15) is 0 Å². The van der Waals surface area contributed by atoms with Crippen molar-refractivity contribution in [2.24, 2.45) is 0 Å². The van der Waals surface area contributed by atoms with Crippen molar-refractivity contribution in [3.05, 3.63) is 26.1 Å². The van der Waals surface area contributed by atoms with Gasteiger partial charge in [-0.1, -0.05) is 47.8 Å². The van der Waals surface area contributed by atoms with E-state index >= 15 is 0 Å². The predicted molar refractivity (Wildman–Crippen MR) is 75.3 cm³/mol. The fourth-order valence-electron chi connectivity index (χ4n) is 0.289. The first kappa shape index (κ1) is 44.9. The molecule has 0 saturated carbocycles. The van der Waals surface area contributed by atoms with Crippen molar-refractivity contribution in [2.45, 2.75) is 60.6 Å². The second kappa shape index (κ2) is 85.2. The van der Waals surface area contributed by atoms with Crippen LogP contribution in [0.1, 0.15) is 47.0 Å². The zero-order valence-electron chi connectivity index (χ0n) is 11.7. The second-order valence-electron chi connectivity index (χ2n) is 2.39. The molecule has 1 radical (unpaired) electrons. The van der Waals surface area contributed by atoms with Crippen LogP contribution in [0.2, 0.25) is 13.6 Å². The topological polar surface area (TPSA) is 67.0 Å². The Bertz CT molecular complexity index is 37.8. The van der Waals surface area contributed by atoms with E-state index in [1.807, 2.05) is 20.9 Å². The van der Waals surface area contributed by atoms with Crippen LogP contribution in [0, 0.1) is 13.8 Å². The summed E-state index contributed by atoms with van der Waals surface area (Å²) in [4.78, 5) is 0. The van der Waals surface area contributed by atoms with E-state index in [2.05, 4.69) is 34.1 Å². The van der Waals surface area contributed by atoms with Gasteiger partial charge in [-0.05, 0) is 0 Å². The maximum Gasteiger partial charge on any atom is 4.00 e. The minimum Gasteiger partial charge on any atom is -0.693 e. The van der Waals surface area contributed by atoms with Crippen molar-refractivity contribution >= 4 is 7.28 Å². The molecule has 0 aromatic carbocycles. The van der Waals surface area contributed by atoms with Crippen LogP contribution in [0.15, 0.2) is 0 Å². The van der Waals surface area contributed by atoms with Gasteiger partial charge in [0.05, 0.1) is 0 Å². The van der Waals surface area contributed by atoms with Gasteiger partial charge in [-0.2, -0.15) is 12.8 Å². The predicted octanol–water partition coefficient (Wildman–Crippen LogP) is 6.10. The molecular formula is C11H32BN2Pt. The summed E-state index contributed by atoms with van der Waals surface area (Å²) in [6.45, 7) is 12.6. The molecule has 0 unspecified atom stereocenters. The number of hydrogen-bond acceptors (Lipinski definition) is 0. The summed E-state index contributed by atoms with van der Waals surface area (Å²) >= 11 is 0. The average Bonchev–Trinajstić information content (AvgIpc) is 1.92. The molecule has 0 heterocycles. The number of hydrogen-bond donors (Lipinski definition) is 0. The number of rotatable bonds is 2. The zero-order valence-corrected chi connectivity index (χ0v) is 14.0. The molecule has 2 nitrogen and oxygen atoms in total. The first-order chi connectivity index (χ1) is 5.24. The van der Waals surface area contributed by atoms with Gasteiger partial charge in [-0.3, -0.25) is 0 Å². The summed E-state index contributed by atoms with van der Waals surface area (Å²) in [5.74, 6) is 0. The Kier molecular flexibility index (Phi) is 255. The van der Waals surface area contributed by atoms with Crippen molar-refractivity contribution < 1.29 is 21.1 Å². The normalized spacial score (nSPS) is 4.93. The van der Waals surface area contributed by atoms with Gasteiger partial charge in [0.15, 0.2) is 0 Å². The van der Waals surface area contributed by atoms with E-state index in [0.717, 1.165) is 0 Å². The minimum absolute atomic E-state index is 0. The third-order valence-corrected chi connectivity index (χ3v) is 0.577. The summed E-state index contributed by atoms with van der Waals surface area (Å²) in [5, 5.41) is 0. The molecule has 0 aliphatic rings. The molecule has 0 amide bonds. The van der Waals surface area contributed by atoms with Crippen LogP contribution < -0.4 is 0 Å². The molecule has 0 bridgehead atoms. The Balaban J connectivity index is -0.0000000117. The Labute approximate surface area is 115 Å². The van der Waals surface area contributed by atoms with Gasteiger partial charge in [0.25, 0.3) is 0 Å². The van der Waals surface area contributed by atoms with E-state index in [0.29, 0.717) is 0 Å². The van der Waals surface area contributed by atoms with E-state index in [-0.39, 0.29) is 40.8 Å². The summed E-state index contributed by atoms with van der Waals surface area (Å²) in [5.41, 5.74) is 0. The summed E-state index contributed by atoms with van der Waals surface area (Å²) in [6, 6.07) is 0. The van der Waals surface area contributed by atoms with Gasteiger partial charge in [0.2, 0.25) is 0 Å². The van der Waals surface area contributed by atoms with Gasteiger partial charge >= 0.3 is 21.1 Å². The van der Waals surface area contributed by atoms with Crippen molar-refractivity contribution in [2.75, 3.05) is 0 Å². The molecule has 4 heteroatoms. The van der Waals surface area contributed by atoms with Crippen LogP contribution in [0.4, 0.5) is 0 Å². The van der Waals surface area contributed by atoms with Crippen molar-refractivity contribution in [1.29, 1.82) is 0 Å². The molecule has 0 saturated heterocycles. The van der Waals surface area contributed by atoms with E-state index in [1.54, 1.807) is 0 Å². The largest absolute Gasteiger partial charge is 4.00 e. The van der Waals surface area contributed by atoms with Gasteiger partial charge in [-0.25, -0.2) is 0 Å². The Morgan fingerprint density at radius 2 is 1.00 bits per heavy atom. The van der Waals surface area contributed by atoms with Crippen LogP contribution in [0.5, 0.6) is 0 Å². The first-order valence-electron chi connectivity index (χ1n) is 4.80. The van der Waals surface area contributed by atoms with Crippen LogP contribution in [0.3, 0.4) is 0 Å². The maximum absolute atomic E-state index is 2.25. The van der Waals surface area contributed by atoms with Crippen molar-refractivity contribution in [3.63, 3.8) is 0 Å². The van der Waals surface area contributed by atoms with Crippen LogP contribution >= 0.6 is 0 Å². The average molecular weight is 398 g/mol. The van der Waals surface area contributed by atoms with Crippen molar-refractivity contribution in [1.82, 2.24) is 0 Å². The van der Waals surface area contributed by atoms with E-state index < -0.39 is 0 Å². The van der Waals surface area contributed by atoms with Crippen LogP contribution in [0.25, 0.3) is 12.3 Å². The summed E-state index contributed by atoms with van der Waals surface area (Å²) in [7, 11) is 2.00. The summed E-state index contributed by atoms with van der Waals surface area (Å²) < 4.78 is 0. The smallest absolute Gasteiger partial charge is 0.693 e. The van der Waals surface area contributed by atoms with Crippen molar-refractivity contribution in [3.8, 4) is 0 Å². The molecule has 0 spiro atoms. The van der Waals surface area contributed by atoms with Gasteiger partial charge in [0, 0.05) is 0 Å². The molecule has 0 aliphatic carbocycles. The van der Waals surface area contributed by atoms with E-state index in [4.69, 9.17) is 0 Å². The zero-order chi connectivity index (χ0) is 9.54. The molecule has 0 fully saturated rings. The van der Waals surface area contributed by atoms with Gasteiger partial charge in [0.1, 0.15) is 7.28 Å². The molecule has 0 aliphatic heterocycles.